The third-order valence-electron chi connectivity index (χ3n) is 2.75. The average molecular weight is 228 g/mol. The Morgan fingerprint density at radius 3 is 2.76 bits per heavy atom. The van der Waals surface area contributed by atoms with Crippen LogP contribution in [0.25, 0.3) is 11.1 Å². The van der Waals surface area contributed by atoms with Crippen LogP contribution in [0.3, 0.4) is 0 Å². The van der Waals surface area contributed by atoms with Crippen LogP contribution >= 0.6 is 0 Å². The summed E-state index contributed by atoms with van der Waals surface area (Å²) < 4.78 is 5.19. The fourth-order valence-electron chi connectivity index (χ4n) is 1.81. The van der Waals surface area contributed by atoms with E-state index in [1.165, 1.54) is 5.56 Å². The van der Waals surface area contributed by atoms with E-state index in [4.69, 9.17) is 10.5 Å². The van der Waals surface area contributed by atoms with Crippen molar-refractivity contribution in [2.75, 3.05) is 7.11 Å². The van der Waals surface area contributed by atoms with Crippen LogP contribution in [0.4, 0.5) is 0 Å². The van der Waals surface area contributed by atoms with Gasteiger partial charge < -0.3 is 10.5 Å². The van der Waals surface area contributed by atoms with Gasteiger partial charge in [0.15, 0.2) is 0 Å². The number of pyridine rings is 1. The first-order valence-electron chi connectivity index (χ1n) is 5.53. The quantitative estimate of drug-likeness (QED) is 0.878. The van der Waals surface area contributed by atoms with E-state index in [1.54, 1.807) is 13.3 Å². The molecule has 0 radical (unpaired) electrons. The van der Waals surface area contributed by atoms with Gasteiger partial charge in [-0.3, -0.25) is 4.98 Å². The van der Waals surface area contributed by atoms with Crippen molar-refractivity contribution in [1.29, 1.82) is 0 Å². The zero-order valence-electron chi connectivity index (χ0n) is 10.1. The molecule has 0 aliphatic rings. The van der Waals surface area contributed by atoms with Crippen molar-refractivity contribution >= 4 is 0 Å². The minimum absolute atomic E-state index is 0.521. The number of nitrogens with two attached hydrogens (primary N) is 1. The molecule has 0 fully saturated rings. The average Bonchev–Trinajstić information content (AvgIpc) is 2.39. The summed E-state index contributed by atoms with van der Waals surface area (Å²) in [5.74, 6) is 0.756. The molecule has 1 aromatic heterocycles. The Labute approximate surface area is 101 Å². The molecule has 1 heterocycles. The smallest absolute Gasteiger partial charge is 0.137 e. The second kappa shape index (κ2) is 4.97. The van der Waals surface area contributed by atoms with Crippen LogP contribution in [0, 0.1) is 6.92 Å². The molecule has 0 atom stereocenters. The van der Waals surface area contributed by atoms with Gasteiger partial charge in [-0.15, -0.1) is 0 Å². The Bertz CT molecular complexity index is 523. The molecule has 1 aromatic carbocycles. The molecule has 88 valence electrons. The third-order valence-corrected chi connectivity index (χ3v) is 2.75. The van der Waals surface area contributed by atoms with E-state index in [9.17, 15) is 0 Å². The number of rotatable bonds is 3. The van der Waals surface area contributed by atoms with Crippen molar-refractivity contribution in [3.63, 3.8) is 0 Å². The van der Waals surface area contributed by atoms with Gasteiger partial charge in [0.2, 0.25) is 0 Å². The number of nitrogens with zero attached hydrogens (tertiary/aromatic N) is 1. The standard InChI is InChI=1S/C14H16N2O/c1-10-3-4-11(7-15)14(5-10)12-6-13(17-2)9-16-8-12/h3-6,8-9H,7,15H2,1-2H3. The summed E-state index contributed by atoms with van der Waals surface area (Å²) in [6.45, 7) is 2.59. The van der Waals surface area contributed by atoms with Crippen LogP contribution < -0.4 is 10.5 Å². The number of hydrogen-bond donors (Lipinski definition) is 1. The molecule has 0 saturated carbocycles. The van der Waals surface area contributed by atoms with Crippen molar-refractivity contribution in [3.05, 3.63) is 47.8 Å². The Kier molecular flexibility index (Phi) is 3.40. The van der Waals surface area contributed by atoms with Gasteiger partial charge in [-0.1, -0.05) is 23.8 Å². The molecular weight excluding hydrogens is 212 g/mol. The third kappa shape index (κ3) is 2.45. The van der Waals surface area contributed by atoms with Crippen LogP contribution in [0.5, 0.6) is 5.75 Å². The highest BCUT2D eigenvalue weighted by Crippen LogP contribution is 2.26. The molecule has 0 aliphatic carbocycles. The largest absolute Gasteiger partial charge is 0.495 e. The maximum absolute atomic E-state index is 5.76. The number of ether oxygens (including phenoxy) is 1. The second-order valence-electron chi connectivity index (χ2n) is 3.98. The van der Waals surface area contributed by atoms with Crippen LogP contribution in [-0.2, 0) is 6.54 Å². The Balaban J connectivity index is 2.54. The monoisotopic (exact) mass is 228 g/mol. The number of hydrogen-bond acceptors (Lipinski definition) is 3. The molecule has 2 rings (SSSR count). The number of methoxy groups -OCH3 is 1. The zero-order valence-corrected chi connectivity index (χ0v) is 10.1. The molecule has 0 bridgehead atoms. The lowest BCUT2D eigenvalue weighted by atomic mass is 9.99. The molecule has 0 aliphatic heterocycles. The van der Waals surface area contributed by atoms with Gasteiger partial charge in [0, 0.05) is 18.3 Å². The highest BCUT2D eigenvalue weighted by molar-refractivity contribution is 5.68. The molecule has 0 saturated heterocycles. The molecule has 2 aromatic rings. The summed E-state index contributed by atoms with van der Waals surface area (Å²) in [5, 5.41) is 0. The predicted molar refractivity (Wildman–Crippen MR) is 68.9 cm³/mol. The Hall–Kier alpha value is -1.87. The van der Waals surface area contributed by atoms with Gasteiger partial charge in [0.25, 0.3) is 0 Å². The maximum Gasteiger partial charge on any atom is 0.137 e. The highest BCUT2D eigenvalue weighted by Gasteiger charge is 2.06. The van der Waals surface area contributed by atoms with Crippen LogP contribution in [-0.4, -0.2) is 12.1 Å². The molecule has 0 amide bonds. The van der Waals surface area contributed by atoms with Crippen molar-refractivity contribution in [2.24, 2.45) is 5.73 Å². The Morgan fingerprint density at radius 1 is 1.24 bits per heavy atom. The minimum Gasteiger partial charge on any atom is -0.495 e. The fourth-order valence-corrected chi connectivity index (χ4v) is 1.81. The van der Waals surface area contributed by atoms with E-state index in [1.807, 2.05) is 12.3 Å². The van der Waals surface area contributed by atoms with E-state index >= 15 is 0 Å². The summed E-state index contributed by atoms with van der Waals surface area (Å²) in [4.78, 5) is 4.17. The summed E-state index contributed by atoms with van der Waals surface area (Å²) in [6, 6.07) is 8.23. The molecule has 3 heteroatoms. The van der Waals surface area contributed by atoms with Crippen molar-refractivity contribution in [3.8, 4) is 16.9 Å². The molecule has 0 spiro atoms. The minimum atomic E-state index is 0.521. The molecule has 17 heavy (non-hydrogen) atoms. The van der Waals surface area contributed by atoms with E-state index in [0.29, 0.717) is 6.54 Å². The first kappa shape index (κ1) is 11.6. The first-order valence-corrected chi connectivity index (χ1v) is 5.53. The number of aryl methyl sites for hydroxylation is 1. The van der Waals surface area contributed by atoms with Gasteiger partial charge in [0.1, 0.15) is 5.75 Å². The van der Waals surface area contributed by atoms with Crippen LogP contribution in [0.15, 0.2) is 36.7 Å². The van der Waals surface area contributed by atoms with E-state index in [-0.39, 0.29) is 0 Å². The van der Waals surface area contributed by atoms with Crippen LogP contribution in [0.2, 0.25) is 0 Å². The van der Waals surface area contributed by atoms with E-state index in [0.717, 1.165) is 22.4 Å². The summed E-state index contributed by atoms with van der Waals surface area (Å²) in [5.41, 5.74) is 10.2. The van der Waals surface area contributed by atoms with Crippen molar-refractivity contribution < 1.29 is 4.74 Å². The Morgan fingerprint density at radius 2 is 2.06 bits per heavy atom. The summed E-state index contributed by atoms with van der Waals surface area (Å²) in [7, 11) is 1.64. The topological polar surface area (TPSA) is 48.1 Å². The van der Waals surface area contributed by atoms with Gasteiger partial charge in [-0.2, -0.15) is 0 Å². The predicted octanol–water partition coefficient (Wildman–Crippen LogP) is 2.52. The van der Waals surface area contributed by atoms with E-state index in [2.05, 4.69) is 30.1 Å². The lowest BCUT2D eigenvalue weighted by Gasteiger charge is -2.10. The van der Waals surface area contributed by atoms with Gasteiger partial charge in [0.05, 0.1) is 13.3 Å². The van der Waals surface area contributed by atoms with E-state index < -0.39 is 0 Å². The van der Waals surface area contributed by atoms with Gasteiger partial charge in [-0.25, -0.2) is 0 Å². The second-order valence-corrected chi connectivity index (χ2v) is 3.98. The summed E-state index contributed by atoms with van der Waals surface area (Å²) in [6.07, 6.45) is 3.53. The van der Waals surface area contributed by atoms with Gasteiger partial charge >= 0.3 is 0 Å². The molecule has 0 unspecified atom stereocenters. The maximum atomic E-state index is 5.76. The highest BCUT2D eigenvalue weighted by atomic mass is 16.5. The lowest BCUT2D eigenvalue weighted by Crippen LogP contribution is -1.99. The van der Waals surface area contributed by atoms with Crippen molar-refractivity contribution in [1.82, 2.24) is 4.98 Å². The number of benzene rings is 1. The summed E-state index contributed by atoms with van der Waals surface area (Å²) >= 11 is 0. The van der Waals surface area contributed by atoms with Crippen LogP contribution in [0.1, 0.15) is 11.1 Å². The SMILES string of the molecule is COc1cncc(-c2cc(C)ccc2CN)c1. The zero-order chi connectivity index (χ0) is 12.3. The number of aromatic nitrogens is 1. The first-order chi connectivity index (χ1) is 8.24. The van der Waals surface area contributed by atoms with Crippen molar-refractivity contribution in [2.45, 2.75) is 13.5 Å². The lowest BCUT2D eigenvalue weighted by molar-refractivity contribution is 0.413. The molecule has 2 N–H and O–H groups in total. The fraction of sp³-hybridized carbons (Fsp3) is 0.214. The normalized spacial score (nSPS) is 10.3. The van der Waals surface area contributed by atoms with Gasteiger partial charge in [-0.05, 0) is 24.1 Å². The molecular formula is C14H16N2O. The molecule has 3 nitrogen and oxygen atoms in total.